The zero-order valence-corrected chi connectivity index (χ0v) is 15.1. The number of alkyl halides is 3. The summed E-state index contributed by atoms with van der Waals surface area (Å²) in [5, 5.41) is 13.3. The molecule has 1 saturated carbocycles. The summed E-state index contributed by atoms with van der Waals surface area (Å²) in [5.74, 6) is -1.82. The van der Waals surface area contributed by atoms with E-state index >= 15 is 0 Å². The fourth-order valence-electron chi connectivity index (χ4n) is 3.56. The second-order valence-corrected chi connectivity index (χ2v) is 6.28. The molecule has 2 fully saturated rings. The Morgan fingerprint density at radius 3 is 2.20 bits per heavy atom. The van der Waals surface area contributed by atoms with Crippen LogP contribution in [0.2, 0.25) is 0 Å². The number of hydrogen-bond acceptors (Lipinski definition) is 3. The van der Waals surface area contributed by atoms with Crippen molar-refractivity contribution in [1.82, 2.24) is 10.2 Å². The zero-order valence-electron chi connectivity index (χ0n) is 13.5. The second-order valence-electron chi connectivity index (χ2n) is 6.28. The van der Waals surface area contributed by atoms with E-state index in [9.17, 15) is 22.7 Å². The van der Waals surface area contributed by atoms with Gasteiger partial charge in [-0.05, 0) is 30.9 Å². The summed E-state index contributed by atoms with van der Waals surface area (Å²) in [6, 6.07) is 0.855. The number of aromatic hydroxyl groups is 1. The van der Waals surface area contributed by atoms with Crippen molar-refractivity contribution in [3.05, 3.63) is 29.1 Å². The number of nitrogens with one attached hydrogen (secondary N) is 1. The molecule has 0 unspecified atom stereocenters. The van der Waals surface area contributed by atoms with Crippen LogP contribution in [0.1, 0.15) is 36.4 Å². The Labute approximate surface area is 156 Å². The molecule has 0 radical (unpaired) electrons. The lowest BCUT2D eigenvalue weighted by Gasteiger charge is -2.44. The van der Waals surface area contributed by atoms with Crippen molar-refractivity contribution in [2.75, 3.05) is 26.2 Å². The van der Waals surface area contributed by atoms with Gasteiger partial charge in [-0.1, -0.05) is 6.42 Å². The Morgan fingerprint density at radius 2 is 1.72 bits per heavy atom. The zero-order chi connectivity index (χ0) is 16.6. The normalized spacial score (nSPS) is 20.2. The van der Waals surface area contributed by atoms with Gasteiger partial charge in [0.1, 0.15) is 0 Å². The third-order valence-electron chi connectivity index (χ3n) is 4.91. The third-order valence-corrected chi connectivity index (χ3v) is 4.91. The van der Waals surface area contributed by atoms with Crippen LogP contribution in [0.25, 0.3) is 0 Å². The standard InChI is InChI=1S/C16H20F4N2O.2ClH/c17-12-5-4-11(16(18,19)20)13(15(12)23)14(10-2-1-3-10)22-8-6-21-7-9-22;;/h4-5,10,14,21,23H,1-3,6-9H2;2*1H/t14-;;/m0../s1. The van der Waals surface area contributed by atoms with Crippen molar-refractivity contribution < 1.29 is 22.7 Å². The van der Waals surface area contributed by atoms with Crippen LogP contribution in [-0.4, -0.2) is 36.2 Å². The largest absolute Gasteiger partial charge is 0.505 e. The SMILES string of the molecule is Cl.Cl.Oc1c(F)ccc(C(F)(F)F)c1[C@H](C1CCC1)N1CCNCC1. The highest BCUT2D eigenvalue weighted by atomic mass is 35.5. The first-order valence-corrected chi connectivity index (χ1v) is 7.93. The van der Waals surface area contributed by atoms with Crippen LogP contribution in [0.5, 0.6) is 5.75 Å². The van der Waals surface area contributed by atoms with Crippen molar-refractivity contribution in [2.24, 2.45) is 5.92 Å². The van der Waals surface area contributed by atoms with Gasteiger partial charge in [0, 0.05) is 37.8 Å². The summed E-state index contributed by atoms with van der Waals surface area (Å²) in [6.07, 6.45) is -2.04. The van der Waals surface area contributed by atoms with Gasteiger partial charge in [0.2, 0.25) is 0 Å². The van der Waals surface area contributed by atoms with Gasteiger partial charge in [0.25, 0.3) is 0 Å². The van der Waals surface area contributed by atoms with Crippen molar-refractivity contribution in [3.8, 4) is 5.75 Å². The van der Waals surface area contributed by atoms with Gasteiger partial charge in [-0.25, -0.2) is 4.39 Å². The summed E-state index contributed by atoms with van der Waals surface area (Å²) >= 11 is 0. The number of halogens is 6. The number of benzene rings is 1. The molecule has 1 aromatic rings. The minimum Gasteiger partial charge on any atom is -0.505 e. The monoisotopic (exact) mass is 404 g/mol. The molecule has 25 heavy (non-hydrogen) atoms. The van der Waals surface area contributed by atoms with Crippen molar-refractivity contribution in [1.29, 1.82) is 0 Å². The van der Waals surface area contributed by atoms with Crippen molar-refractivity contribution in [3.63, 3.8) is 0 Å². The molecule has 3 rings (SSSR count). The molecule has 2 N–H and O–H groups in total. The predicted octanol–water partition coefficient (Wildman–Crippen LogP) is 4.14. The molecule has 3 nitrogen and oxygen atoms in total. The van der Waals surface area contributed by atoms with Gasteiger partial charge in [-0.3, -0.25) is 4.90 Å². The average Bonchev–Trinajstić information content (AvgIpc) is 2.45. The van der Waals surface area contributed by atoms with E-state index in [1.54, 1.807) is 0 Å². The van der Waals surface area contributed by atoms with Crippen LogP contribution in [0.3, 0.4) is 0 Å². The predicted molar refractivity (Wildman–Crippen MR) is 92.1 cm³/mol. The molecule has 144 valence electrons. The third kappa shape index (κ3) is 4.51. The fraction of sp³-hybridized carbons (Fsp3) is 0.625. The Bertz CT molecular complexity index is 576. The van der Waals surface area contributed by atoms with Gasteiger partial charge in [0.15, 0.2) is 11.6 Å². The van der Waals surface area contributed by atoms with E-state index in [0.29, 0.717) is 32.2 Å². The minimum absolute atomic E-state index is 0. The summed E-state index contributed by atoms with van der Waals surface area (Å²) in [5.41, 5.74) is -1.21. The highest BCUT2D eigenvalue weighted by molar-refractivity contribution is 5.85. The molecule has 0 aromatic heterocycles. The molecule has 0 bridgehead atoms. The molecule has 9 heteroatoms. The van der Waals surface area contributed by atoms with E-state index in [1.165, 1.54) is 0 Å². The van der Waals surface area contributed by atoms with E-state index in [4.69, 9.17) is 0 Å². The highest BCUT2D eigenvalue weighted by Crippen LogP contribution is 2.49. The Balaban J connectivity index is 0.00000156. The van der Waals surface area contributed by atoms with Crippen molar-refractivity contribution in [2.45, 2.75) is 31.5 Å². The topological polar surface area (TPSA) is 35.5 Å². The molecule has 1 atom stereocenters. The van der Waals surface area contributed by atoms with E-state index in [2.05, 4.69) is 5.32 Å². The number of phenolic OH excluding ortho intramolecular Hbond substituents is 1. The molecular weight excluding hydrogens is 383 g/mol. The van der Waals surface area contributed by atoms with Crippen LogP contribution in [0.15, 0.2) is 12.1 Å². The molecule has 1 aliphatic heterocycles. The summed E-state index contributed by atoms with van der Waals surface area (Å²) in [6.45, 7) is 2.55. The van der Waals surface area contributed by atoms with Crippen LogP contribution in [-0.2, 0) is 6.18 Å². The van der Waals surface area contributed by atoms with Gasteiger partial charge < -0.3 is 10.4 Å². The molecule has 0 amide bonds. The lowest BCUT2D eigenvalue weighted by atomic mass is 9.75. The summed E-state index contributed by atoms with van der Waals surface area (Å²) in [7, 11) is 0. The first kappa shape index (κ1) is 22.3. The molecule has 2 aliphatic rings. The summed E-state index contributed by atoms with van der Waals surface area (Å²) < 4.78 is 54.0. The molecule has 0 spiro atoms. The van der Waals surface area contributed by atoms with Crippen LogP contribution in [0, 0.1) is 11.7 Å². The molecule has 1 aromatic carbocycles. The average molecular weight is 405 g/mol. The van der Waals surface area contributed by atoms with E-state index in [-0.39, 0.29) is 36.3 Å². The van der Waals surface area contributed by atoms with E-state index in [0.717, 1.165) is 25.3 Å². The van der Waals surface area contributed by atoms with E-state index < -0.39 is 29.3 Å². The number of nitrogens with zero attached hydrogens (tertiary/aromatic N) is 1. The van der Waals surface area contributed by atoms with Gasteiger partial charge in [0.05, 0.1) is 5.56 Å². The molecule has 1 heterocycles. The first-order chi connectivity index (χ1) is 10.9. The second kappa shape index (κ2) is 8.75. The first-order valence-electron chi connectivity index (χ1n) is 7.93. The maximum Gasteiger partial charge on any atom is 0.416 e. The lowest BCUT2D eigenvalue weighted by molar-refractivity contribution is -0.139. The Kier molecular flexibility index (Phi) is 7.80. The molecule has 1 saturated heterocycles. The molecular formula is C16H22Cl2F4N2O. The maximum absolute atomic E-state index is 13.8. The quantitative estimate of drug-likeness (QED) is 0.743. The van der Waals surface area contributed by atoms with Gasteiger partial charge in [-0.2, -0.15) is 13.2 Å². The lowest BCUT2D eigenvalue weighted by Crippen LogP contribution is -2.48. The van der Waals surface area contributed by atoms with Crippen LogP contribution < -0.4 is 5.32 Å². The highest BCUT2D eigenvalue weighted by Gasteiger charge is 2.43. The van der Waals surface area contributed by atoms with Gasteiger partial charge >= 0.3 is 6.18 Å². The number of rotatable bonds is 3. The van der Waals surface area contributed by atoms with Crippen molar-refractivity contribution >= 4 is 24.8 Å². The molecule has 1 aliphatic carbocycles. The van der Waals surface area contributed by atoms with Crippen LogP contribution in [0.4, 0.5) is 17.6 Å². The fourth-order valence-corrected chi connectivity index (χ4v) is 3.56. The number of hydrogen-bond donors (Lipinski definition) is 2. The maximum atomic E-state index is 13.8. The van der Waals surface area contributed by atoms with E-state index in [1.807, 2.05) is 4.90 Å². The Morgan fingerprint density at radius 1 is 1.12 bits per heavy atom. The minimum atomic E-state index is -4.61. The van der Waals surface area contributed by atoms with Gasteiger partial charge in [-0.15, -0.1) is 24.8 Å². The smallest absolute Gasteiger partial charge is 0.416 e. The number of phenols is 1. The van der Waals surface area contributed by atoms with Crippen LogP contribution >= 0.6 is 24.8 Å². The Hall–Kier alpha value is -0.760. The number of piperazine rings is 1. The summed E-state index contributed by atoms with van der Waals surface area (Å²) in [4.78, 5) is 1.95.